The lowest BCUT2D eigenvalue weighted by Crippen LogP contribution is -2.40. The van der Waals surface area contributed by atoms with E-state index in [-0.39, 0.29) is 0 Å². The molecule has 0 aromatic carbocycles. The van der Waals surface area contributed by atoms with E-state index < -0.39 is 0 Å². The molecule has 1 N–H and O–H groups in total. The molecule has 0 saturated carbocycles. The first kappa shape index (κ1) is 10.5. The second kappa shape index (κ2) is 4.63. The highest BCUT2D eigenvalue weighted by molar-refractivity contribution is 5.00. The van der Waals surface area contributed by atoms with Gasteiger partial charge in [0.05, 0.1) is 6.17 Å². The van der Waals surface area contributed by atoms with Gasteiger partial charge in [-0.25, -0.2) is 0 Å². The standard InChI is InChI=1S/C10H21N3/c1-9(8-12(3)4)13-7-5-6-10(13)11-2/h10-11H,1,5-8H2,2-4H3. The van der Waals surface area contributed by atoms with Crippen LogP contribution in [0.4, 0.5) is 0 Å². The fourth-order valence-corrected chi connectivity index (χ4v) is 1.90. The molecule has 3 heteroatoms. The van der Waals surface area contributed by atoms with Crippen molar-refractivity contribution >= 4 is 0 Å². The number of nitrogens with zero attached hydrogens (tertiary/aromatic N) is 2. The van der Waals surface area contributed by atoms with Crippen molar-refractivity contribution in [2.45, 2.75) is 19.0 Å². The lowest BCUT2D eigenvalue weighted by molar-refractivity contribution is 0.261. The van der Waals surface area contributed by atoms with Gasteiger partial charge in [0.15, 0.2) is 0 Å². The number of hydrogen-bond acceptors (Lipinski definition) is 3. The number of nitrogens with one attached hydrogen (secondary N) is 1. The Hall–Kier alpha value is -0.540. The van der Waals surface area contributed by atoms with Gasteiger partial charge in [0.1, 0.15) is 0 Å². The first-order chi connectivity index (χ1) is 6.15. The quantitative estimate of drug-likeness (QED) is 0.692. The van der Waals surface area contributed by atoms with E-state index in [1.54, 1.807) is 0 Å². The summed E-state index contributed by atoms with van der Waals surface area (Å²) in [7, 11) is 6.18. The zero-order chi connectivity index (χ0) is 9.84. The Morgan fingerprint density at radius 1 is 1.62 bits per heavy atom. The summed E-state index contributed by atoms with van der Waals surface area (Å²) in [6, 6.07) is 0. The molecule has 1 aliphatic rings. The van der Waals surface area contributed by atoms with Gasteiger partial charge in [-0.2, -0.15) is 0 Å². The highest BCUT2D eigenvalue weighted by Crippen LogP contribution is 2.19. The van der Waals surface area contributed by atoms with Crippen molar-refractivity contribution in [2.24, 2.45) is 0 Å². The van der Waals surface area contributed by atoms with E-state index in [9.17, 15) is 0 Å². The zero-order valence-electron chi connectivity index (χ0n) is 9.01. The molecule has 1 rings (SSSR count). The predicted octanol–water partition coefficient (Wildman–Crippen LogP) is 0.703. The van der Waals surface area contributed by atoms with Crippen LogP contribution in [0.25, 0.3) is 0 Å². The fraction of sp³-hybridized carbons (Fsp3) is 0.800. The van der Waals surface area contributed by atoms with Crippen molar-refractivity contribution in [1.82, 2.24) is 15.1 Å². The Morgan fingerprint density at radius 2 is 2.31 bits per heavy atom. The minimum atomic E-state index is 0.507. The summed E-state index contributed by atoms with van der Waals surface area (Å²) in [5.41, 5.74) is 1.22. The summed E-state index contributed by atoms with van der Waals surface area (Å²) in [5.74, 6) is 0. The van der Waals surface area contributed by atoms with Crippen LogP contribution in [0.5, 0.6) is 0 Å². The van der Waals surface area contributed by atoms with Crippen molar-refractivity contribution in [3.05, 3.63) is 12.3 Å². The molecule has 0 aromatic rings. The molecular weight excluding hydrogens is 162 g/mol. The molecule has 1 heterocycles. The highest BCUT2D eigenvalue weighted by atomic mass is 15.3. The van der Waals surface area contributed by atoms with Crippen LogP contribution in [0.3, 0.4) is 0 Å². The maximum absolute atomic E-state index is 4.12. The first-order valence-electron chi connectivity index (χ1n) is 4.91. The highest BCUT2D eigenvalue weighted by Gasteiger charge is 2.23. The average Bonchev–Trinajstić information content (AvgIpc) is 2.49. The maximum atomic E-state index is 4.12. The molecule has 0 aliphatic carbocycles. The zero-order valence-corrected chi connectivity index (χ0v) is 9.01. The third-order valence-corrected chi connectivity index (χ3v) is 2.49. The third-order valence-electron chi connectivity index (χ3n) is 2.49. The van der Waals surface area contributed by atoms with Crippen molar-refractivity contribution < 1.29 is 0 Å². The van der Waals surface area contributed by atoms with E-state index >= 15 is 0 Å². The lowest BCUT2D eigenvalue weighted by Gasteiger charge is -2.29. The Labute approximate surface area is 81.4 Å². The van der Waals surface area contributed by atoms with Crippen LogP contribution in [0.1, 0.15) is 12.8 Å². The van der Waals surface area contributed by atoms with Gasteiger partial charge in [-0.1, -0.05) is 6.58 Å². The van der Waals surface area contributed by atoms with Gasteiger partial charge in [0, 0.05) is 18.8 Å². The van der Waals surface area contributed by atoms with Gasteiger partial charge in [-0.15, -0.1) is 0 Å². The van der Waals surface area contributed by atoms with E-state index in [0.29, 0.717) is 6.17 Å². The number of likely N-dealkylation sites (N-methyl/N-ethyl adjacent to an activating group) is 1. The van der Waals surface area contributed by atoms with Crippen molar-refractivity contribution in [2.75, 3.05) is 34.2 Å². The average molecular weight is 183 g/mol. The van der Waals surface area contributed by atoms with E-state index in [1.165, 1.54) is 18.5 Å². The van der Waals surface area contributed by atoms with Crippen LogP contribution >= 0.6 is 0 Å². The third kappa shape index (κ3) is 2.71. The molecule has 0 radical (unpaired) electrons. The van der Waals surface area contributed by atoms with Crippen molar-refractivity contribution in [3.63, 3.8) is 0 Å². The van der Waals surface area contributed by atoms with Crippen LogP contribution in [0.15, 0.2) is 12.3 Å². The van der Waals surface area contributed by atoms with E-state index in [2.05, 4.69) is 35.8 Å². The number of hydrogen-bond donors (Lipinski definition) is 1. The predicted molar refractivity (Wildman–Crippen MR) is 56.5 cm³/mol. The van der Waals surface area contributed by atoms with Crippen LogP contribution in [0.2, 0.25) is 0 Å². The van der Waals surface area contributed by atoms with Crippen LogP contribution < -0.4 is 5.32 Å². The van der Waals surface area contributed by atoms with Gasteiger partial charge in [-0.05, 0) is 34.0 Å². The second-order valence-electron chi connectivity index (χ2n) is 3.94. The Bertz CT molecular complexity index is 177. The molecular formula is C10H21N3. The number of rotatable bonds is 4. The Balaban J connectivity index is 2.45. The first-order valence-corrected chi connectivity index (χ1v) is 4.91. The normalized spacial score (nSPS) is 22.8. The van der Waals surface area contributed by atoms with Gasteiger partial charge >= 0.3 is 0 Å². The van der Waals surface area contributed by atoms with Crippen LogP contribution in [0, 0.1) is 0 Å². The molecule has 0 amide bonds. The second-order valence-corrected chi connectivity index (χ2v) is 3.94. The van der Waals surface area contributed by atoms with Crippen molar-refractivity contribution in [3.8, 4) is 0 Å². The molecule has 76 valence electrons. The minimum Gasteiger partial charge on any atom is -0.359 e. The molecule has 3 nitrogen and oxygen atoms in total. The molecule has 0 aromatic heterocycles. The maximum Gasteiger partial charge on any atom is 0.0791 e. The smallest absolute Gasteiger partial charge is 0.0791 e. The molecule has 1 fully saturated rings. The SMILES string of the molecule is C=C(CN(C)C)N1CCCC1NC. The van der Waals surface area contributed by atoms with E-state index in [0.717, 1.165) is 13.1 Å². The molecule has 1 atom stereocenters. The lowest BCUT2D eigenvalue weighted by atomic mass is 10.3. The monoisotopic (exact) mass is 183 g/mol. The largest absolute Gasteiger partial charge is 0.359 e. The Kier molecular flexibility index (Phi) is 3.75. The summed E-state index contributed by atoms with van der Waals surface area (Å²) >= 11 is 0. The molecule has 0 bridgehead atoms. The van der Waals surface area contributed by atoms with Crippen LogP contribution in [-0.4, -0.2) is 50.2 Å². The number of likely N-dealkylation sites (tertiary alicyclic amines) is 1. The molecule has 1 saturated heterocycles. The van der Waals surface area contributed by atoms with Crippen LogP contribution in [-0.2, 0) is 0 Å². The van der Waals surface area contributed by atoms with Gasteiger partial charge in [0.2, 0.25) is 0 Å². The van der Waals surface area contributed by atoms with Gasteiger partial charge in [-0.3, -0.25) is 0 Å². The molecule has 1 unspecified atom stereocenters. The molecule has 1 aliphatic heterocycles. The van der Waals surface area contributed by atoms with Gasteiger partial charge in [0.25, 0.3) is 0 Å². The van der Waals surface area contributed by atoms with Crippen molar-refractivity contribution in [1.29, 1.82) is 0 Å². The topological polar surface area (TPSA) is 18.5 Å². The summed E-state index contributed by atoms with van der Waals surface area (Å²) in [6.45, 7) is 6.23. The van der Waals surface area contributed by atoms with E-state index in [4.69, 9.17) is 0 Å². The summed E-state index contributed by atoms with van der Waals surface area (Å²) in [6.07, 6.45) is 3.02. The summed E-state index contributed by atoms with van der Waals surface area (Å²) < 4.78 is 0. The van der Waals surface area contributed by atoms with Gasteiger partial charge < -0.3 is 15.1 Å². The van der Waals surface area contributed by atoms with E-state index in [1.807, 2.05) is 7.05 Å². The molecule has 13 heavy (non-hydrogen) atoms. The minimum absolute atomic E-state index is 0.507. The Morgan fingerprint density at radius 3 is 2.85 bits per heavy atom. The summed E-state index contributed by atoms with van der Waals surface area (Å²) in [5, 5.41) is 3.31. The fourth-order valence-electron chi connectivity index (χ4n) is 1.90. The molecule has 0 spiro atoms. The summed E-state index contributed by atoms with van der Waals surface area (Å²) in [4.78, 5) is 4.54.